The monoisotopic (exact) mass is 266 g/mol. The van der Waals surface area contributed by atoms with Gasteiger partial charge in [-0.05, 0) is 50.1 Å². The zero-order valence-corrected chi connectivity index (χ0v) is 12.2. The van der Waals surface area contributed by atoms with E-state index in [1.807, 2.05) is 0 Å². The van der Waals surface area contributed by atoms with Gasteiger partial charge in [0.05, 0.1) is 6.10 Å². The van der Waals surface area contributed by atoms with Crippen molar-refractivity contribution >= 4 is 5.91 Å². The minimum Gasteiger partial charge on any atom is -0.379 e. The summed E-state index contributed by atoms with van der Waals surface area (Å²) in [7, 11) is 1.76. The van der Waals surface area contributed by atoms with Gasteiger partial charge in [-0.15, -0.1) is 0 Å². The molecular formula is C15H26N2O2. The third-order valence-corrected chi connectivity index (χ3v) is 5.59. The predicted octanol–water partition coefficient (Wildman–Crippen LogP) is 1.26. The van der Waals surface area contributed by atoms with Crippen molar-refractivity contribution in [2.24, 2.45) is 17.3 Å². The summed E-state index contributed by atoms with van der Waals surface area (Å²) in [6.07, 6.45) is 4.78. The number of carbonyl (C=O) groups is 1. The molecule has 0 aromatic heterocycles. The van der Waals surface area contributed by atoms with E-state index >= 15 is 0 Å². The van der Waals surface area contributed by atoms with Crippen LogP contribution >= 0.6 is 0 Å². The van der Waals surface area contributed by atoms with E-state index < -0.39 is 0 Å². The van der Waals surface area contributed by atoms with E-state index in [-0.39, 0.29) is 6.10 Å². The molecule has 1 amide bonds. The van der Waals surface area contributed by atoms with Crippen LogP contribution in [-0.2, 0) is 9.53 Å². The van der Waals surface area contributed by atoms with E-state index in [1.54, 1.807) is 7.11 Å². The molecule has 2 saturated heterocycles. The average molecular weight is 266 g/mol. The van der Waals surface area contributed by atoms with Crippen LogP contribution < -0.4 is 5.32 Å². The first-order chi connectivity index (χ1) is 9.16. The van der Waals surface area contributed by atoms with Gasteiger partial charge in [0.15, 0.2) is 0 Å². The number of carbonyl (C=O) groups excluding carboxylic acids is 1. The Kier molecular flexibility index (Phi) is 3.56. The SMILES string of the molecule is COC1CN(C(=O)C2CC23CCNCC3)CCC1C. The molecular weight excluding hydrogens is 240 g/mol. The van der Waals surface area contributed by atoms with E-state index in [4.69, 9.17) is 4.74 Å². The lowest BCUT2D eigenvalue weighted by Crippen LogP contribution is -2.48. The molecule has 19 heavy (non-hydrogen) atoms. The van der Waals surface area contributed by atoms with Gasteiger partial charge in [0, 0.05) is 26.1 Å². The highest BCUT2D eigenvalue weighted by Gasteiger charge is 2.58. The van der Waals surface area contributed by atoms with Gasteiger partial charge < -0.3 is 15.0 Å². The molecule has 3 atom stereocenters. The van der Waals surface area contributed by atoms with E-state index in [0.29, 0.717) is 23.2 Å². The number of hydrogen-bond donors (Lipinski definition) is 1. The van der Waals surface area contributed by atoms with E-state index in [9.17, 15) is 4.79 Å². The molecule has 0 bridgehead atoms. The van der Waals surface area contributed by atoms with Crippen LogP contribution in [0.3, 0.4) is 0 Å². The molecule has 1 aliphatic carbocycles. The molecule has 4 heteroatoms. The fraction of sp³-hybridized carbons (Fsp3) is 0.933. The highest BCUT2D eigenvalue weighted by atomic mass is 16.5. The van der Waals surface area contributed by atoms with Gasteiger partial charge in [-0.3, -0.25) is 4.79 Å². The molecule has 1 saturated carbocycles. The molecule has 3 fully saturated rings. The molecule has 0 radical (unpaired) electrons. The van der Waals surface area contributed by atoms with Crippen molar-refractivity contribution in [1.82, 2.24) is 10.2 Å². The summed E-state index contributed by atoms with van der Waals surface area (Å²) >= 11 is 0. The van der Waals surface area contributed by atoms with Crippen molar-refractivity contribution in [1.29, 1.82) is 0 Å². The minimum atomic E-state index is 0.223. The first-order valence-electron chi connectivity index (χ1n) is 7.68. The number of hydrogen-bond acceptors (Lipinski definition) is 3. The second-order valence-electron chi connectivity index (χ2n) is 6.69. The van der Waals surface area contributed by atoms with Gasteiger partial charge in [0.1, 0.15) is 0 Å². The van der Waals surface area contributed by atoms with Crippen molar-refractivity contribution < 1.29 is 9.53 Å². The summed E-state index contributed by atoms with van der Waals surface area (Å²) in [6.45, 7) is 6.11. The Morgan fingerprint density at radius 2 is 2.11 bits per heavy atom. The molecule has 0 aromatic rings. The Labute approximate surface area is 115 Å². The molecule has 3 rings (SSSR count). The smallest absolute Gasteiger partial charge is 0.226 e. The van der Waals surface area contributed by atoms with Gasteiger partial charge >= 0.3 is 0 Å². The highest BCUT2D eigenvalue weighted by molar-refractivity contribution is 5.83. The minimum absolute atomic E-state index is 0.223. The fourth-order valence-electron chi connectivity index (χ4n) is 3.94. The maximum atomic E-state index is 12.7. The molecule has 4 nitrogen and oxygen atoms in total. The molecule has 2 aliphatic heterocycles. The zero-order valence-electron chi connectivity index (χ0n) is 12.2. The Morgan fingerprint density at radius 1 is 1.37 bits per heavy atom. The summed E-state index contributed by atoms with van der Waals surface area (Å²) in [5.41, 5.74) is 0.355. The first-order valence-corrected chi connectivity index (χ1v) is 7.68. The molecule has 3 unspecified atom stereocenters. The Hall–Kier alpha value is -0.610. The van der Waals surface area contributed by atoms with Gasteiger partial charge in [0.2, 0.25) is 5.91 Å². The van der Waals surface area contributed by atoms with Crippen LogP contribution in [0.25, 0.3) is 0 Å². The maximum absolute atomic E-state index is 12.7. The van der Waals surface area contributed by atoms with Gasteiger partial charge in [-0.2, -0.15) is 0 Å². The number of nitrogens with one attached hydrogen (secondary N) is 1. The number of rotatable bonds is 2. The molecule has 2 heterocycles. The van der Waals surface area contributed by atoms with Crippen molar-refractivity contribution in [3.05, 3.63) is 0 Å². The van der Waals surface area contributed by atoms with E-state index in [0.717, 1.165) is 39.0 Å². The lowest BCUT2D eigenvalue weighted by atomic mass is 9.90. The third kappa shape index (κ3) is 2.40. The molecule has 3 aliphatic rings. The second-order valence-corrected chi connectivity index (χ2v) is 6.69. The highest BCUT2D eigenvalue weighted by Crippen LogP contribution is 2.59. The predicted molar refractivity (Wildman–Crippen MR) is 73.8 cm³/mol. The number of nitrogens with zero attached hydrogens (tertiary/aromatic N) is 1. The van der Waals surface area contributed by atoms with Crippen LogP contribution in [0, 0.1) is 17.3 Å². The molecule has 0 aromatic carbocycles. The number of ether oxygens (including phenoxy) is 1. The van der Waals surface area contributed by atoms with Gasteiger partial charge in [-0.1, -0.05) is 6.92 Å². The summed E-state index contributed by atoms with van der Waals surface area (Å²) in [5, 5.41) is 3.40. The summed E-state index contributed by atoms with van der Waals surface area (Å²) in [5.74, 6) is 1.28. The van der Waals surface area contributed by atoms with Crippen LogP contribution in [0.15, 0.2) is 0 Å². The third-order valence-electron chi connectivity index (χ3n) is 5.59. The fourth-order valence-corrected chi connectivity index (χ4v) is 3.94. The topological polar surface area (TPSA) is 41.6 Å². The molecule has 108 valence electrons. The van der Waals surface area contributed by atoms with Gasteiger partial charge in [-0.25, -0.2) is 0 Å². The first kappa shape index (κ1) is 13.4. The van der Waals surface area contributed by atoms with E-state index in [1.165, 1.54) is 12.8 Å². The Bertz CT molecular complexity index is 352. The van der Waals surface area contributed by atoms with Crippen LogP contribution in [0.1, 0.15) is 32.6 Å². The Balaban J connectivity index is 1.59. The largest absolute Gasteiger partial charge is 0.379 e. The summed E-state index contributed by atoms with van der Waals surface area (Å²) < 4.78 is 5.52. The average Bonchev–Trinajstić information content (AvgIpc) is 3.12. The van der Waals surface area contributed by atoms with Crippen molar-refractivity contribution in [3.63, 3.8) is 0 Å². The lowest BCUT2D eigenvalue weighted by Gasteiger charge is -2.37. The number of piperidine rings is 2. The molecule has 1 N–H and O–H groups in total. The summed E-state index contributed by atoms with van der Waals surface area (Å²) in [6, 6.07) is 0. The van der Waals surface area contributed by atoms with Crippen LogP contribution in [0.4, 0.5) is 0 Å². The molecule has 1 spiro atoms. The maximum Gasteiger partial charge on any atom is 0.226 e. The number of methoxy groups -OCH3 is 1. The summed E-state index contributed by atoms with van der Waals surface area (Å²) in [4.78, 5) is 14.7. The number of likely N-dealkylation sites (tertiary alicyclic amines) is 1. The van der Waals surface area contributed by atoms with Crippen LogP contribution in [0.2, 0.25) is 0 Å². The normalized spacial score (nSPS) is 37.4. The van der Waals surface area contributed by atoms with Crippen molar-refractivity contribution in [2.75, 3.05) is 33.3 Å². The Morgan fingerprint density at radius 3 is 2.79 bits per heavy atom. The standard InChI is InChI=1S/C15H26N2O2/c1-11-3-8-17(10-13(11)19-2)14(18)12-9-15(12)4-6-16-7-5-15/h11-13,16H,3-10H2,1-2H3. The van der Waals surface area contributed by atoms with Gasteiger partial charge in [0.25, 0.3) is 0 Å². The van der Waals surface area contributed by atoms with E-state index in [2.05, 4.69) is 17.1 Å². The van der Waals surface area contributed by atoms with Crippen molar-refractivity contribution in [2.45, 2.75) is 38.7 Å². The van der Waals surface area contributed by atoms with Crippen LogP contribution in [0.5, 0.6) is 0 Å². The second kappa shape index (κ2) is 5.06. The number of amides is 1. The zero-order chi connectivity index (χ0) is 13.5. The quantitative estimate of drug-likeness (QED) is 0.818. The lowest BCUT2D eigenvalue weighted by molar-refractivity contribution is -0.138. The van der Waals surface area contributed by atoms with Crippen molar-refractivity contribution in [3.8, 4) is 0 Å². The van der Waals surface area contributed by atoms with Crippen LogP contribution in [-0.4, -0.2) is 50.2 Å².